The SMILES string of the molecule is COc1cccc(-c2nnc(SCC(=O)NCCc3ccccc3C)n2-c2ccccc2)c1. The first-order valence-corrected chi connectivity index (χ1v) is 11.7. The lowest BCUT2D eigenvalue weighted by molar-refractivity contribution is -0.118. The van der Waals surface area contributed by atoms with E-state index in [4.69, 9.17) is 4.74 Å². The average Bonchev–Trinajstić information content (AvgIpc) is 3.28. The molecule has 33 heavy (non-hydrogen) atoms. The van der Waals surface area contributed by atoms with E-state index < -0.39 is 0 Å². The second-order valence-electron chi connectivity index (χ2n) is 7.52. The molecule has 0 bridgehead atoms. The third-order valence-corrected chi connectivity index (χ3v) is 6.21. The van der Waals surface area contributed by atoms with Crippen LogP contribution in [0.15, 0.2) is 84.0 Å². The van der Waals surface area contributed by atoms with Crippen molar-refractivity contribution in [1.82, 2.24) is 20.1 Å². The number of thioether (sulfide) groups is 1. The highest BCUT2D eigenvalue weighted by Crippen LogP contribution is 2.29. The van der Waals surface area contributed by atoms with E-state index in [2.05, 4.69) is 34.6 Å². The maximum absolute atomic E-state index is 12.5. The Morgan fingerprint density at radius 3 is 2.58 bits per heavy atom. The van der Waals surface area contributed by atoms with Gasteiger partial charge in [0.1, 0.15) is 5.75 Å². The van der Waals surface area contributed by atoms with E-state index >= 15 is 0 Å². The van der Waals surface area contributed by atoms with Gasteiger partial charge in [-0.2, -0.15) is 0 Å². The van der Waals surface area contributed by atoms with Crippen LogP contribution in [0.3, 0.4) is 0 Å². The number of nitrogens with one attached hydrogen (secondary N) is 1. The number of ether oxygens (including phenoxy) is 1. The smallest absolute Gasteiger partial charge is 0.230 e. The molecule has 4 aromatic rings. The van der Waals surface area contributed by atoms with Crippen LogP contribution >= 0.6 is 11.8 Å². The topological polar surface area (TPSA) is 69.0 Å². The number of para-hydroxylation sites is 1. The van der Waals surface area contributed by atoms with Crippen molar-refractivity contribution in [3.05, 3.63) is 90.0 Å². The highest BCUT2D eigenvalue weighted by molar-refractivity contribution is 7.99. The van der Waals surface area contributed by atoms with Crippen molar-refractivity contribution in [2.45, 2.75) is 18.5 Å². The molecule has 4 rings (SSSR count). The first-order chi connectivity index (χ1) is 16.2. The van der Waals surface area contributed by atoms with E-state index in [1.807, 2.05) is 71.3 Å². The van der Waals surface area contributed by atoms with Crippen molar-refractivity contribution >= 4 is 17.7 Å². The van der Waals surface area contributed by atoms with Gasteiger partial charge in [0.2, 0.25) is 5.91 Å². The zero-order valence-electron chi connectivity index (χ0n) is 18.7. The van der Waals surface area contributed by atoms with E-state index in [0.717, 1.165) is 23.4 Å². The minimum atomic E-state index is -0.0286. The normalized spacial score (nSPS) is 10.7. The number of carbonyl (C=O) groups excluding carboxylic acids is 1. The van der Waals surface area contributed by atoms with Crippen LogP contribution in [-0.4, -0.2) is 40.1 Å². The molecule has 6 nitrogen and oxygen atoms in total. The Bertz CT molecular complexity index is 1220. The number of hydrogen-bond acceptors (Lipinski definition) is 5. The number of benzene rings is 3. The summed E-state index contributed by atoms with van der Waals surface area (Å²) in [5, 5.41) is 12.5. The van der Waals surface area contributed by atoms with Crippen molar-refractivity contribution < 1.29 is 9.53 Å². The molecule has 1 amide bonds. The summed E-state index contributed by atoms with van der Waals surface area (Å²) in [6.45, 7) is 2.69. The molecule has 1 N–H and O–H groups in total. The number of methoxy groups -OCH3 is 1. The summed E-state index contributed by atoms with van der Waals surface area (Å²) < 4.78 is 7.34. The second-order valence-corrected chi connectivity index (χ2v) is 8.47. The predicted octanol–water partition coefficient (Wildman–Crippen LogP) is 4.70. The minimum Gasteiger partial charge on any atom is -0.497 e. The Morgan fingerprint density at radius 1 is 1.00 bits per heavy atom. The lowest BCUT2D eigenvalue weighted by Crippen LogP contribution is -2.27. The fourth-order valence-corrected chi connectivity index (χ4v) is 4.31. The Balaban J connectivity index is 1.48. The number of aryl methyl sites for hydroxylation is 1. The van der Waals surface area contributed by atoms with Gasteiger partial charge in [0.15, 0.2) is 11.0 Å². The van der Waals surface area contributed by atoms with Gasteiger partial charge in [0, 0.05) is 17.8 Å². The quantitative estimate of drug-likeness (QED) is 0.368. The fraction of sp³-hybridized carbons (Fsp3) is 0.192. The lowest BCUT2D eigenvalue weighted by Gasteiger charge is -2.11. The van der Waals surface area contributed by atoms with Gasteiger partial charge in [-0.25, -0.2) is 0 Å². The molecule has 168 valence electrons. The van der Waals surface area contributed by atoms with Gasteiger partial charge < -0.3 is 10.1 Å². The van der Waals surface area contributed by atoms with Crippen molar-refractivity contribution in [2.24, 2.45) is 0 Å². The second kappa shape index (κ2) is 10.8. The van der Waals surface area contributed by atoms with E-state index in [9.17, 15) is 4.79 Å². The van der Waals surface area contributed by atoms with Crippen molar-refractivity contribution in [3.8, 4) is 22.8 Å². The van der Waals surface area contributed by atoms with Crippen molar-refractivity contribution in [2.75, 3.05) is 19.4 Å². The molecular formula is C26H26N4O2S. The number of rotatable bonds is 9. The Hall–Kier alpha value is -3.58. The fourth-order valence-electron chi connectivity index (χ4n) is 3.53. The first kappa shape index (κ1) is 22.6. The van der Waals surface area contributed by atoms with Crippen molar-refractivity contribution in [3.63, 3.8) is 0 Å². The Kier molecular flexibility index (Phi) is 7.42. The van der Waals surface area contributed by atoms with E-state index in [-0.39, 0.29) is 11.7 Å². The van der Waals surface area contributed by atoms with E-state index in [0.29, 0.717) is 17.5 Å². The molecule has 1 heterocycles. The standard InChI is InChI=1S/C26H26N4O2S/c1-19-9-6-7-10-20(19)15-16-27-24(31)18-33-26-29-28-25(21-11-8-14-23(17-21)32-2)30(26)22-12-4-3-5-13-22/h3-14,17H,15-16,18H2,1-2H3,(H,27,31). The molecule has 0 aliphatic heterocycles. The molecule has 3 aromatic carbocycles. The van der Waals surface area contributed by atoms with Crippen LogP contribution in [0.5, 0.6) is 5.75 Å². The van der Waals surface area contributed by atoms with Crippen LogP contribution in [0.4, 0.5) is 0 Å². The summed E-state index contributed by atoms with van der Waals surface area (Å²) in [6.07, 6.45) is 0.809. The molecule has 0 spiro atoms. The number of hydrogen-bond donors (Lipinski definition) is 1. The molecule has 0 saturated carbocycles. The van der Waals surface area contributed by atoms with Crippen LogP contribution in [0.1, 0.15) is 11.1 Å². The monoisotopic (exact) mass is 458 g/mol. The summed E-state index contributed by atoms with van der Waals surface area (Å²) >= 11 is 1.37. The van der Waals surface area contributed by atoms with Crippen LogP contribution < -0.4 is 10.1 Å². The zero-order chi connectivity index (χ0) is 23.0. The van der Waals surface area contributed by atoms with Crippen LogP contribution in [-0.2, 0) is 11.2 Å². The molecule has 0 saturated heterocycles. The molecule has 0 unspecified atom stereocenters. The first-order valence-electron chi connectivity index (χ1n) is 10.7. The van der Waals surface area contributed by atoms with Gasteiger partial charge in [0.05, 0.1) is 12.9 Å². The van der Waals surface area contributed by atoms with E-state index in [1.165, 1.54) is 22.9 Å². The number of carbonyl (C=O) groups is 1. The molecule has 0 aliphatic carbocycles. The van der Waals surface area contributed by atoms with Gasteiger partial charge >= 0.3 is 0 Å². The molecular weight excluding hydrogens is 432 g/mol. The number of amides is 1. The predicted molar refractivity (Wildman–Crippen MR) is 132 cm³/mol. The Labute approximate surface area is 198 Å². The highest BCUT2D eigenvalue weighted by Gasteiger charge is 2.17. The minimum absolute atomic E-state index is 0.0286. The van der Waals surface area contributed by atoms with Gasteiger partial charge in [-0.05, 0) is 48.7 Å². The van der Waals surface area contributed by atoms with E-state index in [1.54, 1.807) is 7.11 Å². The maximum atomic E-state index is 12.5. The van der Waals surface area contributed by atoms with Gasteiger partial charge in [-0.15, -0.1) is 10.2 Å². The zero-order valence-corrected chi connectivity index (χ0v) is 19.5. The van der Waals surface area contributed by atoms with Gasteiger partial charge in [-0.1, -0.05) is 66.4 Å². The number of nitrogens with zero attached hydrogens (tertiary/aromatic N) is 3. The highest BCUT2D eigenvalue weighted by atomic mass is 32.2. The molecule has 0 atom stereocenters. The third kappa shape index (κ3) is 5.62. The average molecular weight is 459 g/mol. The lowest BCUT2D eigenvalue weighted by atomic mass is 10.1. The molecule has 7 heteroatoms. The third-order valence-electron chi connectivity index (χ3n) is 5.29. The maximum Gasteiger partial charge on any atom is 0.230 e. The largest absolute Gasteiger partial charge is 0.497 e. The summed E-state index contributed by atoms with van der Waals surface area (Å²) in [6, 6.07) is 25.8. The number of aromatic nitrogens is 3. The Morgan fingerprint density at radius 2 is 1.79 bits per heavy atom. The molecule has 1 aromatic heterocycles. The van der Waals surface area contributed by atoms with Crippen molar-refractivity contribution in [1.29, 1.82) is 0 Å². The molecule has 0 fully saturated rings. The summed E-state index contributed by atoms with van der Waals surface area (Å²) in [4.78, 5) is 12.5. The summed E-state index contributed by atoms with van der Waals surface area (Å²) in [5.74, 6) is 1.68. The van der Waals surface area contributed by atoms with Gasteiger partial charge in [0.25, 0.3) is 0 Å². The summed E-state index contributed by atoms with van der Waals surface area (Å²) in [5.41, 5.74) is 4.31. The summed E-state index contributed by atoms with van der Waals surface area (Å²) in [7, 11) is 1.64. The molecule has 0 aliphatic rings. The molecule has 0 radical (unpaired) electrons. The van der Waals surface area contributed by atoms with Crippen LogP contribution in [0.2, 0.25) is 0 Å². The van der Waals surface area contributed by atoms with Crippen LogP contribution in [0.25, 0.3) is 17.1 Å². The van der Waals surface area contributed by atoms with Gasteiger partial charge in [-0.3, -0.25) is 9.36 Å². The van der Waals surface area contributed by atoms with Crippen LogP contribution in [0, 0.1) is 6.92 Å².